The zero-order chi connectivity index (χ0) is 13.9. The Hall–Kier alpha value is -1.05. The SMILES string of the molecule is Cl.Cl.O=C(NC1CCNCC1)c1ccc(C(F)(F)F)cn1. The van der Waals surface area contributed by atoms with Crippen LogP contribution in [0.25, 0.3) is 0 Å². The molecule has 1 amide bonds. The van der Waals surface area contributed by atoms with Gasteiger partial charge in [0.25, 0.3) is 5.91 Å². The summed E-state index contributed by atoms with van der Waals surface area (Å²) < 4.78 is 37.0. The number of hydrogen-bond acceptors (Lipinski definition) is 3. The molecule has 1 aromatic rings. The molecule has 2 N–H and O–H groups in total. The predicted octanol–water partition coefficient (Wildman–Crippen LogP) is 2.43. The largest absolute Gasteiger partial charge is 0.417 e. The summed E-state index contributed by atoms with van der Waals surface area (Å²) >= 11 is 0. The summed E-state index contributed by atoms with van der Waals surface area (Å²) in [6.45, 7) is 1.65. The van der Waals surface area contributed by atoms with Crippen molar-refractivity contribution < 1.29 is 18.0 Å². The van der Waals surface area contributed by atoms with E-state index in [1.165, 1.54) is 0 Å². The van der Waals surface area contributed by atoms with Crippen LogP contribution in [0.2, 0.25) is 0 Å². The zero-order valence-electron chi connectivity index (χ0n) is 10.9. The molecular formula is C12H16Cl2F3N3O. The molecule has 4 nitrogen and oxygen atoms in total. The first-order chi connectivity index (χ1) is 8.97. The Balaban J connectivity index is 0.00000200. The Bertz CT molecular complexity index is 448. The Morgan fingerprint density at radius 1 is 1.24 bits per heavy atom. The van der Waals surface area contributed by atoms with Crippen molar-refractivity contribution in [3.8, 4) is 0 Å². The maximum atomic E-state index is 12.3. The van der Waals surface area contributed by atoms with Crippen molar-refractivity contribution in [1.82, 2.24) is 15.6 Å². The minimum absolute atomic E-state index is 0. The Morgan fingerprint density at radius 2 is 1.86 bits per heavy atom. The molecule has 2 rings (SSSR count). The predicted molar refractivity (Wildman–Crippen MR) is 77.1 cm³/mol. The van der Waals surface area contributed by atoms with Crippen LogP contribution in [-0.4, -0.2) is 30.0 Å². The molecule has 1 aliphatic heterocycles. The van der Waals surface area contributed by atoms with E-state index in [1.54, 1.807) is 0 Å². The lowest BCUT2D eigenvalue weighted by atomic mass is 10.1. The highest BCUT2D eigenvalue weighted by atomic mass is 35.5. The number of carbonyl (C=O) groups excluding carboxylic acids is 1. The average Bonchev–Trinajstić information content (AvgIpc) is 2.39. The van der Waals surface area contributed by atoms with E-state index in [4.69, 9.17) is 0 Å². The molecule has 0 aromatic carbocycles. The van der Waals surface area contributed by atoms with Gasteiger partial charge in [0.2, 0.25) is 0 Å². The van der Waals surface area contributed by atoms with Crippen molar-refractivity contribution in [2.45, 2.75) is 25.1 Å². The van der Waals surface area contributed by atoms with Crippen LogP contribution in [0.1, 0.15) is 28.9 Å². The van der Waals surface area contributed by atoms with E-state index in [0.717, 1.165) is 38.1 Å². The Morgan fingerprint density at radius 3 is 2.33 bits per heavy atom. The third-order valence-corrected chi connectivity index (χ3v) is 3.00. The molecule has 21 heavy (non-hydrogen) atoms. The lowest BCUT2D eigenvalue weighted by Gasteiger charge is -2.23. The maximum absolute atomic E-state index is 12.3. The lowest BCUT2D eigenvalue weighted by Crippen LogP contribution is -2.42. The second-order valence-corrected chi connectivity index (χ2v) is 4.43. The second-order valence-electron chi connectivity index (χ2n) is 4.43. The molecule has 1 aromatic heterocycles. The molecule has 2 heterocycles. The van der Waals surface area contributed by atoms with E-state index in [9.17, 15) is 18.0 Å². The summed E-state index contributed by atoms with van der Waals surface area (Å²) in [7, 11) is 0. The van der Waals surface area contributed by atoms with Crippen molar-refractivity contribution in [2.75, 3.05) is 13.1 Å². The van der Waals surface area contributed by atoms with Gasteiger partial charge in [-0.2, -0.15) is 13.2 Å². The highest BCUT2D eigenvalue weighted by Crippen LogP contribution is 2.28. The summed E-state index contributed by atoms with van der Waals surface area (Å²) in [6, 6.07) is 2.02. The summed E-state index contributed by atoms with van der Waals surface area (Å²) in [5, 5.41) is 5.93. The van der Waals surface area contributed by atoms with Gasteiger partial charge in [0, 0.05) is 12.2 Å². The third kappa shape index (κ3) is 5.68. The van der Waals surface area contributed by atoms with Crippen LogP contribution < -0.4 is 10.6 Å². The molecule has 0 radical (unpaired) electrons. The standard InChI is InChI=1S/C12H14F3N3O.2ClH/c13-12(14,15)8-1-2-10(17-7-8)11(19)18-9-3-5-16-6-4-9;;/h1-2,7,9,16H,3-6H2,(H,18,19);2*1H. The van der Waals surface area contributed by atoms with Crippen LogP contribution in [0.3, 0.4) is 0 Å². The summed E-state index contributed by atoms with van der Waals surface area (Å²) in [6.07, 6.45) is -2.13. The zero-order valence-corrected chi connectivity index (χ0v) is 12.6. The van der Waals surface area contributed by atoms with Gasteiger partial charge in [0.15, 0.2) is 0 Å². The van der Waals surface area contributed by atoms with Crippen molar-refractivity contribution in [3.05, 3.63) is 29.6 Å². The van der Waals surface area contributed by atoms with Crippen LogP contribution in [0.5, 0.6) is 0 Å². The topological polar surface area (TPSA) is 54.0 Å². The number of nitrogens with one attached hydrogen (secondary N) is 2. The van der Waals surface area contributed by atoms with E-state index in [-0.39, 0.29) is 36.5 Å². The first kappa shape index (κ1) is 19.9. The number of carbonyl (C=O) groups is 1. The van der Waals surface area contributed by atoms with E-state index in [0.29, 0.717) is 6.20 Å². The van der Waals surface area contributed by atoms with Gasteiger partial charge in [-0.1, -0.05) is 0 Å². The number of hydrogen-bond donors (Lipinski definition) is 2. The van der Waals surface area contributed by atoms with E-state index in [1.807, 2.05) is 0 Å². The van der Waals surface area contributed by atoms with Crippen LogP contribution >= 0.6 is 24.8 Å². The first-order valence-electron chi connectivity index (χ1n) is 6.01. The van der Waals surface area contributed by atoms with Gasteiger partial charge in [-0.15, -0.1) is 24.8 Å². The minimum Gasteiger partial charge on any atom is -0.348 e. The van der Waals surface area contributed by atoms with Gasteiger partial charge in [0.1, 0.15) is 5.69 Å². The number of amides is 1. The molecule has 0 unspecified atom stereocenters. The van der Waals surface area contributed by atoms with Crippen LogP contribution in [0.15, 0.2) is 18.3 Å². The number of aromatic nitrogens is 1. The molecular weight excluding hydrogens is 330 g/mol. The molecule has 1 fully saturated rings. The second kappa shape index (κ2) is 8.41. The molecule has 9 heteroatoms. The fraction of sp³-hybridized carbons (Fsp3) is 0.500. The lowest BCUT2D eigenvalue weighted by molar-refractivity contribution is -0.137. The van der Waals surface area contributed by atoms with Gasteiger partial charge >= 0.3 is 6.18 Å². The fourth-order valence-corrected chi connectivity index (χ4v) is 1.92. The normalized spacial score (nSPS) is 15.6. The minimum atomic E-state index is -4.43. The van der Waals surface area contributed by atoms with Crippen LogP contribution in [0.4, 0.5) is 13.2 Å². The van der Waals surface area contributed by atoms with Gasteiger partial charge in [-0.25, -0.2) is 0 Å². The number of nitrogens with zero attached hydrogens (tertiary/aromatic N) is 1. The van der Waals surface area contributed by atoms with Crippen molar-refractivity contribution >= 4 is 30.7 Å². The Labute approximate surface area is 132 Å². The molecule has 0 bridgehead atoms. The molecule has 0 spiro atoms. The van der Waals surface area contributed by atoms with E-state index in [2.05, 4.69) is 15.6 Å². The quantitative estimate of drug-likeness (QED) is 0.865. The number of pyridine rings is 1. The highest BCUT2D eigenvalue weighted by Gasteiger charge is 2.31. The monoisotopic (exact) mass is 345 g/mol. The van der Waals surface area contributed by atoms with Crippen LogP contribution in [-0.2, 0) is 6.18 Å². The number of halogens is 5. The smallest absolute Gasteiger partial charge is 0.348 e. The summed E-state index contributed by atoms with van der Waals surface area (Å²) in [5.41, 5.74) is -0.850. The van der Waals surface area contributed by atoms with E-state index < -0.39 is 17.6 Å². The average molecular weight is 346 g/mol. The Kier molecular flexibility index (Phi) is 7.99. The number of alkyl halides is 3. The molecule has 0 saturated carbocycles. The summed E-state index contributed by atoms with van der Waals surface area (Å²) in [4.78, 5) is 15.4. The fourth-order valence-electron chi connectivity index (χ4n) is 1.92. The van der Waals surface area contributed by atoms with Crippen molar-refractivity contribution in [2.24, 2.45) is 0 Å². The molecule has 120 valence electrons. The van der Waals surface area contributed by atoms with Crippen molar-refractivity contribution in [3.63, 3.8) is 0 Å². The molecule has 1 saturated heterocycles. The van der Waals surface area contributed by atoms with Crippen LogP contribution in [0, 0.1) is 0 Å². The molecule has 0 atom stereocenters. The maximum Gasteiger partial charge on any atom is 0.417 e. The highest BCUT2D eigenvalue weighted by molar-refractivity contribution is 5.92. The van der Waals surface area contributed by atoms with E-state index >= 15 is 0 Å². The number of piperidine rings is 1. The third-order valence-electron chi connectivity index (χ3n) is 3.00. The van der Waals surface area contributed by atoms with Gasteiger partial charge in [-0.05, 0) is 38.1 Å². The number of rotatable bonds is 2. The van der Waals surface area contributed by atoms with Gasteiger partial charge in [-0.3, -0.25) is 9.78 Å². The van der Waals surface area contributed by atoms with Gasteiger partial charge in [0.05, 0.1) is 5.56 Å². The first-order valence-corrected chi connectivity index (χ1v) is 6.01. The molecule has 0 aliphatic carbocycles. The summed E-state index contributed by atoms with van der Waals surface area (Å²) in [5.74, 6) is -0.430. The van der Waals surface area contributed by atoms with Crippen molar-refractivity contribution in [1.29, 1.82) is 0 Å². The van der Waals surface area contributed by atoms with Gasteiger partial charge < -0.3 is 10.6 Å². The molecule has 1 aliphatic rings.